The van der Waals surface area contributed by atoms with Gasteiger partial charge in [0.2, 0.25) is 5.91 Å². The van der Waals surface area contributed by atoms with Gasteiger partial charge in [0.05, 0.1) is 12.3 Å². The molecule has 0 saturated heterocycles. The first-order valence-electron chi connectivity index (χ1n) is 8.48. The van der Waals surface area contributed by atoms with Gasteiger partial charge in [-0.15, -0.1) is 21.5 Å². The molecule has 0 atom stereocenters. The smallest absolute Gasteiger partial charge is 0.233 e. The van der Waals surface area contributed by atoms with Crippen LogP contribution < -0.4 is 0 Å². The van der Waals surface area contributed by atoms with Gasteiger partial charge in [0.25, 0.3) is 0 Å². The summed E-state index contributed by atoms with van der Waals surface area (Å²) in [5.41, 5.74) is 1.26. The van der Waals surface area contributed by atoms with E-state index in [-0.39, 0.29) is 5.91 Å². The molecule has 2 fully saturated rings. The lowest BCUT2D eigenvalue weighted by Crippen LogP contribution is -2.27. The number of amides is 1. The summed E-state index contributed by atoms with van der Waals surface area (Å²) in [5, 5.41) is 11.8. The maximum atomic E-state index is 12.5. The monoisotopic (exact) mass is 362 g/mol. The van der Waals surface area contributed by atoms with Crippen LogP contribution in [0.2, 0.25) is 0 Å². The molecule has 2 aliphatic rings. The summed E-state index contributed by atoms with van der Waals surface area (Å²) in [4.78, 5) is 15.5. The minimum absolute atomic E-state index is 0.145. The van der Waals surface area contributed by atoms with Crippen molar-refractivity contribution in [3.63, 3.8) is 0 Å². The Labute approximate surface area is 150 Å². The van der Waals surface area contributed by atoms with Gasteiger partial charge in [-0.25, -0.2) is 0 Å². The summed E-state index contributed by atoms with van der Waals surface area (Å²) >= 11 is 3.25. The lowest BCUT2D eigenvalue weighted by atomic mass is 10.3. The molecule has 2 saturated carbocycles. The second kappa shape index (κ2) is 6.52. The molecule has 5 nitrogen and oxygen atoms in total. The SMILES string of the molecule is Cc1ccsc1CN(C)C(=O)CSc1nnc(C2CC2)n1C1CC1. The van der Waals surface area contributed by atoms with E-state index in [9.17, 15) is 4.79 Å². The van der Waals surface area contributed by atoms with Crippen molar-refractivity contribution in [2.75, 3.05) is 12.8 Å². The molecule has 0 aromatic carbocycles. The lowest BCUT2D eigenvalue weighted by molar-refractivity contribution is -0.127. The molecule has 2 heterocycles. The topological polar surface area (TPSA) is 51.0 Å². The van der Waals surface area contributed by atoms with Gasteiger partial charge in [0, 0.05) is 23.9 Å². The van der Waals surface area contributed by atoms with E-state index in [4.69, 9.17) is 0 Å². The van der Waals surface area contributed by atoms with Crippen LogP contribution in [0.1, 0.15) is 53.9 Å². The van der Waals surface area contributed by atoms with Crippen LogP contribution >= 0.6 is 23.1 Å². The zero-order valence-corrected chi connectivity index (χ0v) is 15.7. The van der Waals surface area contributed by atoms with Crippen molar-refractivity contribution in [1.82, 2.24) is 19.7 Å². The van der Waals surface area contributed by atoms with Crippen LogP contribution in [-0.2, 0) is 11.3 Å². The normalized spacial score (nSPS) is 17.2. The summed E-state index contributed by atoms with van der Waals surface area (Å²) in [6.45, 7) is 2.78. The summed E-state index contributed by atoms with van der Waals surface area (Å²) in [6, 6.07) is 2.67. The van der Waals surface area contributed by atoms with E-state index < -0.39 is 0 Å². The van der Waals surface area contributed by atoms with Crippen LogP contribution in [0.4, 0.5) is 0 Å². The first kappa shape index (κ1) is 16.1. The first-order valence-corrected chi connectivity index (χ1v) is 10.3. The van der Waals surface area contributed by atoms with E-state index in [1.165, 1.54) is 47.9 Å². The van der Waals surface area contributed by atoms with Crippen LogP contribution in [-0.4, -0.2) is 38.4 Å². The minimum atomic E-state index is 0.145. The van der Waals surface area contributed by atoms with Crippen molar-refractivity contribution < 1.29 is 4.79 Å². The van der Waals surface area contributed by atoms with Crippen LogP contribution in [0.15, 0.2) is 16.6 Å². The zero-order chi connectivity index (χ0) is 16.7. The fourth-order valence-electron chi connectivity index (χ4n) is 2.79. The number of aromatic nitrogens is 3. The van der Waals surface area contributed by atoms with Crippen molar-refractivity contribution in [2.24, 2.45) is 0 Å². The highest BCUT2D eigenvalue weighted by Gasteiger charge is 2.36. The summed E-state index contributed by atoms with van der Waals surface area (Å²) in [5.74, 6) is 2.32. The van der Waals surface area contributed by atoms with Gasteiger partial charge < -0.3 is 9.47 Å². The molecule has 7 heteroatoms. The second-order valence-corrected chi connectivity index (χ2v) is 8.72. The van der Waals surface area contributed by atoms with Gasteiger partial charge in [-0.05, 0) is 49.6 Å². The molecule has 2 aromatic rings. The predicted molar refractivity (Wildman–Crippen MR) is 96.5 cm³/mol. The van der Waals surface area contributed by atoms with Crippen LogP contribution in [0, 0.1) is 6.92 Å². The number of hydrogen-bond donors (Lipinski definition) is 0. The average molecular weight is 363 g/mol. The molecule has 24 heavy (non-hydrogen) atoms. The van der Waals surface area contributed by atoms with Crippen molar-refractivity contribution >= 4 is 29.0 Å². The van der Waals surface area contributed by atoms with E-state index in [0.29, 0.717) is 24.3 Å². The summed E-state index contributed by atoms with van der Waals surface area (Å²) in [6.07, 6.45) is 4.91. The van der Waals surface area contributed by atoms with Crippen LogP contribution in [0.25, 0.3) is 0 Å². The summed E-state index contributed by atoms with van der Waals surface area (Å²) < 4.78 is 2.30. The van der Waals surface area contributed by atoms with Crippen molar-refractivity contribution in [1.29, 1.82) is 0 Å². The second-order valence-electron chi connectivity index (χ2n) is 6.78. The third-order valence-electron chi connectivity index (χ3n) is 4.64. The van der Waals surface area contributed by atoms with E-state index in [1.54, 1.807) is 11.3 Å². The maximum absolute atomic E-state index is 12.5. The standard InChI is InChI=1S/C17H22N4OS2/c1-11-7-8-23-14(11)9-20(2)15(22)10-24-17-19-18-16(12-3-4-12)21(17)13-5-6-13/h7-8,12-13H,3-6,9-10H2,1-2H3. The van der Waals surface area contributed by atoms with E-state index in [0.717, 1.165) is 11.0 Å². The van der Waals surface area contributed by atoms with Crippen molar-refractivity contribution in [3.8, 4) is 0 Å². The molecule has 0 N–H and O–H groups in total. The number of rotatable bonds is 7. The number of nitrogens with zero attached hydrogens (tertiary/aromatic N) is 4. The summed E-state index contributed by atoms with van der Waals surface area (Å²) in [7, 11) is 1.88. The number of aryl methyl sites for hydroxylation is 1. The van der Waals surface area contributed by atoms with Gasteiger partial charge >= 0.3 is 0 Å². The molecule has 1 amide bonds. The van der Waals surface area contributed by atoms with Gasteiger partial charge in [-0.3, -0.25) is 4.79 Å². The Kier molecular flexibility index (Phi) is 4.39. The molecule has 0 aliphatic heterocycles. The minimum Gasteiger partial charge on any atom is -0.340 e. The third kappa shape index (κ3) is 3.37. The highest BCUT2D eigenvalue weighted by Crippen LogP contribution is 2.45. The fraction of sp³-hybridized carbons (Fsp3) is 0.588. The van der Waals surface area contributed by atoms with E-state index in [1.807, 2.05) is 11.9 Å². The van der Waals surface area contributed by atoms with Gasteiger partial charge in [-0.1, -0.05) is 11.8 Å². The number of thioether (sulfide) groups is 1. The Hall–Kier alpha value is -1.34. The number of carbonyl (C=O) groups excluding carboxylic acids is 1. The number of carbonyl (C=O) groups is 1. The molecule has 128 valence electrons. The average Bonchev–Trinajstić information content (AvgIpc) is 3.50. The Balaban J connectivity index is 1.38. The third-order valence-corrected chi connectivity index (χ3v) is 6.58. The number of hydrogen-bond acceptors (Lipinski definition) is 5. The van der Waals surface area contributed by atoms with Crippen LogP contribution in [0.5, 0.6) is 0 Å². The highest BCUT2D eigenvalue weighted by atomic mass is 32.2. The van der Waals surface area contributed by atoms with Gasteiger partial charge in [-0.2, -0.15) is 0 Å². The Morgan fingerprint density at radius 2 is 2.17 bits per heavy atom. The molecular formula is C17H22N4OS2. The maximum Gasteiger partial charge on any atom is 0.233 e. The molecule has 2 aromatic heterocycles. The quantitative estimate of drug-likeness (QED) is 0.706. The molecular weight excluding hydrogens is 340 g/mol. The molecule has 0 spiro atoms. The van der Waals surface area contributed by atoms with E-state index in [2.05, 4.69) is 33.1 Å². The lowest BCUT2D eigenvalue weighted by Gasteiger charge is -2.16. The highest BCUT2D eigenvalue weighted by molar-refractivity contribution is 7.99. The van der Waals surface area contributed by atoms with E-state index >= 15 is 0 Å². The fourth-order valence-corrected chi connectivity index (χ4v) is 4.70. The van der Waals surface area contributed by atoms with Gasteiger partial charge in [0.1, 0.15) is 5.82 Å². The molecule has 0 radical (unpaired) electrons. The molecule has 0 unspecified atom stereocenters. The zero-order valence-electron chi connectivity index (χ0n) is 14.1. The largest absolute Gasteiger partial charge is 0.340 e. The Morgan fingerprint density at radius 3 is 2.79 bits per heavy atom. The first-order chi connectivity index (χ1) is 11.6. The predicted octanol–water partition coefficient (Wildman–Crippen LogP) is 3.61. The Morgan fingerprint density at radius 1 is 1.38 bits per heavy atom. The number of thiophene rings is 1. The molecule has 2 aliphatic carbocycles. The van der Waals surface area contributed by atoms with Gasteiger partial charge in [0.15, 0.2) is 5.16 Å². The van der Waals surface area contributed by atoms with Crippen LogP contribution in [0.3, 0.4) is 0 Å². The Bertz CT molecular complexity index is 746. The van der Waals surface area contributed by atoms with Crippen molar-refractivity contribution in [2.45, 2.75) is 56.3 Å². The molecule has 0 bridgehead atoms. The van der Waals surface area contributed by atoms with Crippen molar-refractivity contribution in [3.05, 3.63) is 27.7 Å². The molecule has 4 rings (SSSR count).